The Balaban J connectivity index is 2.19. The zero-order valence-electron chi connectivity index (χ0n) is 12.8. The molecule has 0 aliphatic heterocycles. The van der Waals surface area contributed by atoms with Crippen molar-refractivity contribution in [1.82, 2.24) is 24.4 Å². The van der Waals surface area contributed by atoms with Crippen LogP contribution < -0.4 is 11.3 Å². The highest BCUT2D eigenvalue weighted by atomic mass is 16.1. The third-order valence-corrected chi connectivity index (χ3v) is 3.44. The van der Waals surface area contributed by atoms with Gasteiger partial charge in [0, 0.05) is 11.1 Å². The Bertz CT molecular complexity index is 870. The van der Waals surface area contributed by atoms with Crippen LogP contribution in [0.1, 0.15) is 32.0 Å². The van der Waals surface area contributed by atoms with Gasteiger partial charge in [-0.3, -0.25) is 9.36 Å². The van der Waals surface area contributed by atoms with Crippen molar-refractivity contribution in [3.05, 3.63) is 52.2 Å². The first-order valence-electron chi connectivity index (χ1n) is 7.02. The average molecular weight is 298 g/mol. The Morgan fingerprint density at radius 1 is 1.18 bits per heavy atom. The fourth-order valence-corrected chi connectivity index (χ4v) is 2.26. The number of aromatic nitrogens is 5. The lowest BCUT2D eigenvalue weighted by molar-refractivity contribution is 0.526. The van der Waals surface area contributed by atoms with Gasteiger partial charge in [-0.2, -0.15) is 9.61 Å². The third kappa shape index (κ3) is 2.45. The summed E-state index contributed by atoms with van der Waals surface area (Å²) in [5, 5.41) is 12.2. The molecular formula is C15H18N6O. The fraction of sp³-hybridized carbons (Fsp3) is 0.333. The van der Waals surface area contributed by atoms with Crippen LogP contribution in [-0.4, -0.2) is 24.4 Å². The third-order valence-electron chi connectivity index (χ3n) is 3.44. The molecule has 2 heterocycles. The summed E-state index contributed by atoms with van der Waals surface area (Å²) < 4.78 is 3.13. The molecule has 0 aliphatic carbocycles. The van der Waals surface area contributed by atoms with Gasteiger partial charge in [0.2, 0.25) is 0 Å². The van der Waals surface area contributed by atoms with E-state index >= 15 is 0 Å². The molecule has 0 spiro atoms. The van der Waals surface area contributed by atoms with Crippen molar-refractivity contribution < 1.29 is 0 Å². The minimum atomic E-state index is -0.363. The molecule has 3 aromatic rings. The van der Waals surface area contributed by atoms with Gasteiger partial charge in [0.15, 0.2) is 0 Å². The monoisotopic (exact) mass is 298 g/mol. The zero-order valence-corrected chi connectivity index (χ0v) is 12.8. The Hall–Kier alpha value is -2.70. The van der Waals surface area contributed by atoms with Gasteiger partial charge in [-0.25, -0.2) is 0 Å². The highest BCUT2D eigenvalue weighted by Crippen LogP contribution is 2.17. The van der Waals surface area contributed by atoms with Crippen molar-refractivity contribution in [1.29, 1.82) is 0 Å². The topological polar surface area (TPSA) is 91.1 Å². The molecule has 7 heteroatoms. The number of rotatable bonds is 2. The van der Waals surface area contributed by atoms with Crippen LogP contribution in [0.4, 0.5) is 5.69 Å². The molecule has 0 atom stereocenters. The van der Waals surface area contributed by atoms with E-state index in [1.807, 2.05) is 45.0 Å². The summed E-state index contributed by atoms with van der Waals surface area (Å²) in [4.78, 5) is 12.8. The molecule has 0 amide bonds. The molecule has 7 nitrogen and oxygen atoms in total. The molecule has 0 fully saturated rings. The van der Waals surface area contributed by atoms with Gasteiger partial charge < -0.3 is 5.73 Å². The van der Waals surface area contributed by atoms with Crippen LogP contribution in [0, 0.1) is 0 Å². The van der Waals surface area contributed by atoms with Crippen molar-refractivity contribution in [2.75, 3.05) is 5.73 Å². The molecular weight excluding hydrogens is 280 g/mol. The molecule has 0 radical (unpaired) electrons. The van der Waals surface area contributed by atoms with Crippen molar-refractivity contribution in [3.63, 3.8) is 0 Å². The number of hydrogen-bond acceptors (Lipinski definition) is 5. The Labute approximate surface area is 127 Å². The van der Waals surface area contributed by atoms with Crippen LogP contribution in [0.2, 0.25) is 0 Å². The molecule has 3 rings (SSSR count). The molecule has 0 unspecified atom stereocenters. The molecule has 2 aromatic heterocycles. The summed E-state index contributed by atoms with van der Waals surface area (Å²) in [5.41, 5.74) is 7.32. The smallest absolute Gasteiger partial charge is 0.277 e. The van der Waals surface area contributed by atoms with E-state index in [-0.39, 0.29) is 11.0 Å². The van der Waals surface area contributed by atoms with Crippen molar-refractivity contribution in [2.45, 2.75) is 32.7 Å². The first kappa shape index (κ1) is 14.2. The second-order valence-electron chi connectivity index (χ2n) is 6.31. The fourth-order valence-electron chi connectivity index (χ4n) is 2.26. The van der Waals surface area contributed by atoms with E-state index in [0.29, 0.717) is 23.7 Å². The molecule has 1 aromatic carbocycles. The molecule has 0 bridgehead atoms. The Morgan fingerprint density at radius 2 is 1.86 bits per heavy atom. The molecule has 114 valence electrons. The highest BCUT2D eigenvalue weighted by molar-refractivity contribution is 5.40. The maximum Gasteiger partial charge on any atom is 0.277 e. The van der Waals surface area contributed by atoms with E-state index in [1.165, 1.54) is 6.33 Å². The van der Waals surface area contributed by atoms with Gasteiger partial charge in [0.05, 0.1) is 6.54 Å². The Kier molecular flexibility index (Phi) is 3.20. The summed E-state index contributed by atoms with van der Waals surface area (Å²) in [6.45, 7) is 6.27. The first-order valence-corrected chi connectivity index (χ1v) is 7.02. The van der Waals surface area contributed by atoms with Gasteiger partial charge in [-0.05, 0) is 17.7 Å². The molecule has 2 N–H and O–H groups in total. The quantitative estimate of drug-likeness (QED) is 0.718. The number of nitrogens with zero attached hydrogens (tertiary/aromatic N) is 5. The minimum Gasteiger partial charge on any atom is -0.399 e. The highest BCUT2D eigenvalue weighted by Gasteiger charge is 2.23. The van der Waals surface area contributed by atoms with Crippen molar-refractivity contribution in [2.24, 2.45) is 0 Å². The van der Waals surface area contributed by atoms with E-state index in [0.717, 1.165) is 5.56 Å². The van der Waals surface area contributed by atoms with Crippen molar-refractivity contribution in [3.8, 4) is 0 Å². The predicted molar refractivity (Wildman–Crippen MR) is 83.7 cm³/mol. The molecule has 0 saturated carbocycles. The summed E-state index contributed by atoms with van der Waals surface area (Å²) in [6.07, 6.45) is 1.50. The average Bonchev–Trinajstić information content (AvgIpc) is 2.91. The maximum atomic E-state index is 12.8. The number of anilines is 1. The van der Waals surface area contributed by atoms with Crippen LogP contribution in [0.3, 0.4) is 0 Å². The van der Waals surface area contributed by atoms with Gasteiger partial charge >= 0.3 is 0 Å². The summed E-state index contributed by atoms with van der Waals surface area (Å²) in [5.74, 6) is 0.426. The number of benzene rings is 1. The predicted octanol–water partition coefficient (Wildman–Crippen LogP) is 1.21. The van der Waals surface area contributed by atoms with Gasteiger partial charge in [0.1, 0.15) is 12.0 Å². The summed E-state index contributed by atoms with van der Waals surface area (Å²) in [6, 6.07) is 7.41. The normalized spacial score (nSPS) is 12.0. The van der Waals surface area contributed by atoms with E-state index < -0.39 is 0 Å². The lowest BCUT2D eigenvalue weighted by Crippen LogP contribution is -2.34. The van der Waals surface area contributed by atoms with Crippen LogP contribution in [-0.2, 0) is 12.0 Å². The standard InChI is InChI=1S/C15H18N6O/c1-15(2,3)12-13(22)20(14-18-17-9-21(14)19-12)8-10-4-6-11(16)7-5-10/h4-7,9H,8,16H2,1-3H3. The minimum absolute atomic E-state index is 0.148. The second-order valence-corrected chi connectivity index (χ2v) is 6.31. The van der Waals surface area contributed by atoms with E-state index in [1.54, 1.807) is 9.08 Å². The van der Waals surface area contributed by atoms with Gasteiger partial charge in [-0.1, -0.05) is 32.9 Å². The van der Waals surface area contributed by atoms with Crippen LogP contribution in [0.25, 0.3) is 5.78 Å². The van der Waals surface area contributed by atoms with E-state index in [9.17, 15) is 4.79 Å². The van der Waals surface area contributed by atoms with E-state index in [4.69, 9.17) is 5.73 Å². The molecule has 22 heavy (non-hydrogen) atoms. The van der Waals surface area contributed by atoms with Gasteiger partial charge in [-0.15, -0.1) is 10.2 Å². The maximum absolute atomic E-state index is 12.8. The Morgan fingerprint density at radius 3 is 2.50 bits per heavy atom. The number of hydrogen-bond donors (Lipinski definition) is 1. The largest absolute Gasteiger partial charge is 0.399 e. The van der Waals surface area contributed by atoms with E-state index in [2.05, 4.69) is 15.3 Å². The molecule has 0 saturated heterocycles. The lowest BCUT2D eigenvalue weighted by atomic mass is 9.92. The van der Waals surface area contributed by atoms with Crippen LogP contribution in [0.5, 0.6) is 0 Å². The van der Waals surface area contributed by atoms with Crippen LogP contribution in [0.15, 0.2) is 35.4 Å². The SMILES string of the molecule is CC(C)(C)c1nn2cnnc2n(Cc2ccc(N)cc2)c1=O. The zero-order chi connectivity index (χ0) is 15.9. The lowest BCUT2D eigenvalue weighted by Gasteiger charge is -2.18. The van der Waals surface area contributed by atoms with Crippen LogP contribution >= 0.6 is 0 Å². The van der Waals surface area contributed by atoms with Crippen molar-refractivity contribution >= 4 is 11.5 Å². The number of fused-ring (bicyclic) bond motifs is 1. The second kappa shape index (κ2) is 4.94. The summed E-state index contributed by atoms with van der Waals surface area (Å²) in [7, 11) is 0. The number of nitrogen functional groups attached to an aromatic ring is 1. The summed E-state index contributed by atoms with van der Waals surface area (Å²) >= 11 is 0. The van der Waals surface area contributed by atoms with Gasteiger partial charge in [0.25, 0.3) is 11.3 Å². The first-order chi connectivity index (χ1) is 10.4. The number of nitrogens with two attached hydrogens (primary N) is 1. The molecule has 0 aliphatic rings.